The largest absolute Gasteiger partial charge is 0.457 e. The highest BCUT2D eigenvalue weighted by molar-refractivity contribution is 8.00. The Morgan fingerprint density at radius 3 is 3.00 bits per heavy atom. The molecule has 0 saturated heterocycles. The van der Waals surface area contributed by atoms with Gasteiger partial charge in [-0.25, -0.2) is 4.79 Å². The number of carbonyl (C=O) groups is 1. The molecule has 4 nitrogen and oxygen atoms in total. The quantitative estimate of drug-likeness (QED) is 0.505. The third-order valence-electron chi connectivity index (χ3n) is 2.61. The Balaban J connectivity index is 1.94. The van der Waals surface area contributed by atoms with Crippen molar-refractivity contribution in [3.05, 3.63) is 28.3 Å². The summed E-state index contributed by atoms with van der Waals surface area (Å²) in [6, 6.07) is 4.02. The van der Waals surface area contributed by atoms with Crippen molar-refractivity contribution in [2.24, 2.45) is 0 Å². The molecule has 19 heavy (non-hydrogen) atoms. The van der Waals surface area contributed by atoms with E-state index < -0.39 is 0 Å². The van der Waals surface area contributed by atoms with Crippen LogP contribution in [-0.2, 0) is 16.1 Å². The predicted molar refractivity (Wildman–Crippen MR) is 82.3 cm³/mol. The van der Waals surface area contributed by atoms with Crippen LogP contribution in [0.4, 0.5) is 0 Å². The van der Waals surface area contributed by atoms with Crippen molar-refractivity contribution in [3.63, 3.8) is 0 Å². The monoisotopic (exact) mass is 314 g/mol. The summed E-state index contributed by atoms with van der Waals surface area (Å²) < 4.78 is 6.53. The van der Waals surface area contributed by atoms with E-state index in [2.05, 4.69) is 10.6 Å². The van der Waals surface area contributed by atoms with Gasteiger partial charge in [-0.1, -0.05) is 0 Å². The molecule has 0 spiro atoms. The van der Waals surface area contributed by atoms with E-state index in [4.69, 9.17) is 17.0 Å². The number of carbonyl (C=O) groups excluding carboxylic acids is 1. The zero-order valence-electron chi connectivity index (χ0n) is 10.6. The van der Waals surface area contributed by atoms with Crippen molar-refractivity contribution in [1.82, 2.24) is 10.6 Å². The second-order valence-electron chi connectivity index (χ2n) is 3.91. The first-order chi connectivity index (χ1) is 9.10. The topological polar surface area (TPSA) is 50.4 Å². The van der Waals surface area contributed by atoms with Gasteiger partial charge in [0.05, 0.1) is 16.3 Å². The summed E-state index contributed by atoms with van der Waals surface area (Å²) in [6.45, 7) is 2.54. The Kier molecular flexibility index (Phi) is 4.84. The molecule has 1 aliphatic heterocycles. The van der Waals surface area contributed by atoms with E-state index in [1.54, 1.807) is 23.1 Å². The van der Waals surface area contributed by atoms with Crippen LogP contribution < -0.4 is 10.6 Å². The van der Waals surface area contributed by atoms with Crippen molar-refractivity contribution < 1.29 is 9.53 Å². The molecule has 1 aromatic heterocycles. The molecule has 0 saturated carbocycles. The number of thiophene rings is 1. The van der Waals surface area contributed by atoms with Crippen LogP contribution >= 0.6 is 35.3 Å². The van der Waals surface area contributed by atoms with Crippen molar-refractivity contribution in [2.45, 2.75) is 17.7 Å². The maximum Gasteiger partial charge on any atom is 0.337 e. The molecule has 0 atom stereocenters. The molecule has 0 bridgehead atoms. The summed E-state index contributed by atoms with van der Waals surface area (Å²) in [7, 11) is 0. The van der Waals surface area contributed by atoms with Crippen LogP contribution in [0.3, 0.4) is 0 Å². The van der Waals surface area contributed by atoms with Gasteiger partial charge in [-0.15, -0.1) is 23.1 Å². The van der Waals surface area contributed by atoms with E-state index in [0.29, 0.717) is 23.8 Å². The summed E-state index contributed by atoms with van der Waals surface area (Å²) in [5.41, 5.74) is 1.35. The average Bonchev–Trinajstić information content (AvgIpc) is 2.84. The second-order valence-corrected chi connectivity index (χ2v) is 6.60. The van der Waals surface area contributed by atoms with E-state index in [9.17, 15) is 4.79 Å². The molecule has 2 heterocycles. The SMILES string of the molecule is CSc1ccc(COC(=O)C2=C(C)NC(=S)NC2)s1. The fraction of sp³-hybridized carbons (Fsp3) is 0.333. The van der Waals surface area contributed by atoms with Crippen molar-refractivity contribution in [1.29, 1.82) is 0 Å². The number of thiocarbonyl (C=S) groups is 1. The number of ether oxygens (including phenoxy) is 1. The number of nitrogens with one attached hydrogen (secondary N) is 2. The number of esters is 1. The molecular weight excluding hydrogens is 300 g/mol. The number of hydrogen-bond donors (Lipinski definition) is 2. The van der Waals surface area contributed by atoms with Gasteiger partial charge in [0.25, 0.3) is 0 Å². The molecule has 0 amide bonds. The van der Waals surface area contributed by atoms with Gasteiger partial charge in [0, 0.05) is 10.6 Å². The molecule has 2 N–H and O–H groups in total. The Bertz CT molecular complexity index is 537. The lowest BCUT2D eigenvalue weighted by atomic mass is 10.2. The van der Waals surface area contributed by atoms with Gasteiger partial charge in [0.2, 0.25) is 0 Å². The van der Waals surface area contributed by atoms with Crippen molar-refractivity contribution in [3.8, 4) is 0 Å². The van der Waals surface area contributed by atoms with Crippen LogP contribution in [0.15, 0.2) is 27.6 Å². The van der Waals surface area contributed by atoms with E-state index in [-0.39, 0.29) is 5.97 Å². The zero-order chi connectivity index (χ0) is 13.8. The van der Waals surface area contributed by atoms with Gasteiger partial charge in [-0.05, 0) is 37.5 Å². The normalized spacial score (nSPS) is 14.9. The molecule has 7 heteroatoms. The minimum Gasteiger partial charge on any atom is -0.457 e. The maximum atomic E-state index is 12.0. The minimum atomic E-state index is -0.306. The lowest BCUT2D eigenvalue weighted by Gasteiger charge is -2.20. The lowest BCUT2D eigenvalue weighted by molar-refractivity contribution is -0.140. The molecule has 2 rings (SSSR count). The van der Waals surface area contributed by atoms with Crippen LogP contribution in [0.25, 0.3) is 0 Å². The van der Waals surface area contributed by atoms with Gasteiger partial charge in [-0.2, -0.15) is 0 Å². The standard InChI is InChI=1S/C12H14N2O2S3/c1-7-9(5-13-12(17)14-7)11(15)16-6-8-3-4-10(18-2)19-8/h3-4H,5-6H2,1-2H3,(H2,13,14,17). The molecule has 0 fully saturated rings. The fourth-order valence-electron chi connectivity index (χ4n) is 1.59. The summed E-state index contributed by atoms with van der Waals surface area (Å²) >= 11 is 8.30. The molecule has 102 valence electrons. The molecule has 1 aliphatic rings. The minimum absolute atomic E-state index is 0.306. The number of thioether (sulfide) groups is 1. The van der Waals surface area contributed by atoms with Gasteiger partial charge >= 0.3 is 5.97 Å². The van der Waals surface area contributed by atoms with E-state index in [1.165, 1.54) is 4.21 Å². The Morgan fingerprint density at radius 2 is 2.37 bits per heavy atom. The fourth-order valence-corrected chi connectivity index (χ4v) is 3.32. The van der Waals surface area contributed by atoms with Crippen LogP contribution in [0.2, 0.25) is 0 Å². The predicted octanol–water partition coefficient (Wildman–Crippen LogP) is 2.26. The number of rotatable bonds is 4. The Labute approximate surface area is 125 Å². The second kappa shape index (κ2) is 6.40. The van der Waals surface area contributed by atoms with Gasteiger partial charge in [0.1, 0.15) is 6.61 Å². The molecule has 0 aliphatic carbocycles. The highest BCUT2D eigenvalue weighted by atomic mass is 32.2. The Morgan fingerprint density at radius 1 is 1.58 bits per heavy atom. The summed E-state index contributed by atoms with van der Waals surface area (Å²) in [5.74, 6) is -0.306. The zero-order valence-corrected chi connectivity index (χ0v) is 13.1. The summed E-state index contributed by atoms with van der Waals surface area (Å²) in [6.07, 6.45) is 2.03. The lowest BCUT2D eigenvalue weighted by Crippen LogP contribution is -2.42. The van der Waals surface area contributed by atoms with Crippen LogP contribution in [0.5, 0.6) is 0 Å². The third-order valence-corrected chi connectivity index (χ3v) is 5.00. The first-order valence-corrected chi connectivity index (χ1v) is 8.09. The van der Waals surface area contributed by atoms with Gasteiger partial charge in [-0.3, -0.25) is 0 Å². The van der Waals surface area contributed by atoms with Crippen LogP contribution in [-0.4, -0.2) is 23.9 Å². The third kappa shape index (κ3) is 3.71. The van der Waals surface area contributed by atoms with E-state index in [1.807, 2.05) is 25.3 Å². The molecule has 0 aromatic carbocycles. The summed E-state index contributed by atoms with van der Waals surface area (Å²) in [5, 5.41) is 6.37. The highest BCUT2D eigenvalue weighted by Gasteiger charge is 2.19. The first-order valence-electron chi connectivity index (χ1n) is 5.64. The number of allylic oxidation sites excluding steroid dienone is 1. The van der Waals surface area contributed by atoms with Gasteiger partial charge < -0.3 is 15.4 Å². The highest BCUT2D eigenvalue weighted by Crippen LogP contribution is 2.25. The van der Waals surface area contributed by atoms with Crippen molar-refractivity contribution in [2.75, 3.05) is 12.8 Å². The first kappa shape index (κ1) is 14.4. The Hall–Kier alpha value is -1.05. The smallest absolute Gasteiger partial charge is 0.337 e. The van der Waals surface area contributed by atoms with Crippen LogP contribution in [0.1, 0.15) is 11.8 Å². The molecular formula is C12H14N2O2S3. The molecule has 0 unspecified atom stereocenters. The number of hydrogen-bond acceptors (Lipinski definition) is 5. The van der Waals surface area contributed by atoms with Crippen molar-refractivity contribution >= 4 is 46.4 Å². The van der Waals surface area contributed by atoms with Crippen LogP contribution in [0, 0.1) is 0 Å². The van der Waals surface area contributed by atoms with E-state index in [0.717, 1.165) is 10.6 Å². The molecule has 0 radical (unpaired) electrons. The van der Waals surface area contributed by atoms with Gasteiger partial charge in [0.15, 0.2) is 5.11 Å². The summed E-state index contributed by atoms with van der Waals surface area (Å²) in [4.78, 5) is 13.0. The van der Waals surface area contributed by atoms with E-state index >= 15 is 0 Å². The average molecular weight is 314 g/mol. The maximum absolute atomic E-state index is 12.0. The molecule has 1 aromatic rings.